The Labute approximate surface area is 103 Å². The third-order valence-corrected chi connectivity index (χ3v) is 2.53. The highest BCUT2D eigenvalue weighted by molar-refractivity contribution is 5.55. The van der Waals surface area contributed by atoms with Crippen LogP contribution in [0, 0.1) is 0 Å². The number of nitrogens with zero attached hydrogens (tertiary/aromatic N) is 4. The molecule has 88 valence electrons. The number of hydrogen-bond acceptors (Lipinski definition) is 4. The van der Waals surface area contributed by atoms with Crippen molar-refractivity contribution in [2.75, 3.05) is 0 Å². The van der Waals surface area contributed by atoms with Crippen LogP contribution in [0.3, 0.4) is 0 Å². The molecule has 3 aromatic rings. The summed E-state index contributed by atoms with van der Waals surface area (Å²) in [5, 5.41) is 21.5. The van der Waals surface area contributed by atoms with E-state index in [1.807, 2.05) is 30.3 Å². The highest BCUT2D eigenvalue weighted by Crippen LogP contribution is 2.17. The lowest BCUT2D eigenvalue weighted by atomic mass is 10.2. The van der Waals surface area contributed by atoms with Gasteiger partial charge in [-0.25, -0.2) is 0 Å². The third-order valence-electron chi connectivity index (χ3n) is 2.53. The highest BCUT2D eigenvalue weighted by atomic mass is 16.3. The molecule has 5 heteroatoms. The topological polar surface area (TPSA) is 63.8 Å². The zero-order chi connectivity index (χ0) is 12.4. The molecule has 0 aliphatic rings. The molecule has 0 fully saturated rings. The molecule has 0 unspecified atom stereocenters. The van der Waals surface area contributed by atoms with Gasteiger partial charge < -0.3 is 5.11 Å². The van der Waals surface area contributed by atoms with Gasteiger partial charge >= 0.3 is 0 Å². The Balaban J connectivity index is 1.97. The first-order valence-corrected chi connectivity index (χ1v) is 5.48. The number of aromatic nitrogens is 4. The number of phenolic OH excluding ortho intramolecular Hbond substituents is 1. The molecule has 1 aromatic heterocycles. The van der Waals surface area contributed by atoms with Gasteiger partial charge in [-0.3, -0.25) is 0 Å². The first kappa shape index (κ1) is 10.5. The second-order valence-corrected chi connectivity index (χ2v) is 3.78. The molecule has 0 bridgehead atoms. The van der Waals surface area contributed by atoms with Crippen LogP contribution in [0.1, 0.15) is 0 Å². The monoisotopic (exact) mass is 238 g/mol. The molecule has 2 aromatic carbocycles. The van der Waals surface area contributed by atoms with Crippen LogP contribution < -0.4 is 0 Å². The van der Waals surface area contributed by atoms with Crippen molar-refractivity contribution in [3.63, 3.8) is 0 Å². The smallest absolute Gasteiger partial charge is 0.205 e. The molecule has 0 spiro atoms. The SMILES string of the molecule is Oc1ccc(-c2nnn(-c3ccccc3)n2)cc1. The van der Waals surface area contributed by atoms with E-state index >= 15 is 0 Å². The van der Waals surface area contributed by atoms with Crippen LogP contribution in [0.2, 0.25) is 0 Å². The number of aromatic hydroxyl groups is 1. The molecule has 1 N–H and O–H groups in total. The maximum Gasteiger partial charge on any atom is 0.205 e. The second kappa shape index (κ2) is 4.29. The van der Waals surface area contributed by atoms with Crippen LogP contribution in [0.4, 0.5) is 0 Å². The van der Waals surface area contributed by atoms with Crippen molar-refractivity contribution >= 4 is 0 Å². The fourth-order valence-corrected chi connectivity index (χ4v) is 1.61. The van der Waals surface area contributed by atoms with Crippen molar-refractivity contribution in [2.45, 2.75) is 0 Å². The molecular formula is C13H10N4O. The number of tetrazole rings is 1. The summed E-state index contributed by atoms with van der Waals surface area (Å²) in [4.78, 5) is 1.47. The van der Waals surface area contributed by atoms with E-state index in [9.17, 15) is 5.11 Å². The highest BCUT2D eigenvalue weighted by Gasteiger charge is 2.06. The second-order valence-electron chi connectivity index (χ2n) is 3.78. The van der Waals surface area contributed by atoms with Crippen molar-refractivity contribution < 1.29 is 5.11 Å². The molecule has 1 heterocycles. The summed E-state index contributed by atoms with van der Waals surface area (Å²) in [6, 6.07) is 16.3. The van der Waals surface area contributed by atoms with Crippen molar-refractivity contribution in [2.24, 2.45) is 0 Å². The molecule has 0 aliphatic heterocycles. The number of para-hydroxylation sites is 1. The molecule has 0 radical (unpaired) electrons. The quantitative estimate of drug-likeness (QED) is 0.742. The number of hydrogen-bond donors (Lipinski definition) is 1. The summed E-state index contributed by atoms with van der Waals surface area (Å²) in [7, 11) is 0. The number of benzene rings is 2. The van der Waals surface area contributed by atoms with Crippen molar-refractivity contribution in [3.05, 3.63) is 54.6 Å². The molecule has 3 rings (SSSR count). The minimum absolute atomic E-state index is 0.217. The van der Waals surface area contributed by atoms with E-state index in [1.165, 1.54) is 4.80 Å². The van der Waals surface area contributed by atoms with Crippen LogP contribution in [-0.2, 0) is 0 Å². The van der Waals surface area contributed by atoms with Gasteiger partial charge in [-0.1, -0.05) is 18.2 Å². The molecule has 18 heavy (non-hydrogen) atoms. The fourth-order valence-electron chi connectivity index (χ4n) is 1.61. The van der Waals surface area contributed by atoms with E-state index in [1.54, 1.807) is 24.3 Å². The molecular weight excluding hydrogens is 228 g/mol. The normalized spacial score (nSPS) is 10.4. The molecule has 0 saturated carbocycles. The van der Waals surface area contributed by atoms with Gasteiger partial charge in [0.05, 0.1) is 5.69 Å². The molecule has 0 amide bonds. The zero-order valence-corrected chi connectivity index (χ0v) is 9.43. The largest absolute Gasteiger partial charge is 0.508 e. The number of rotatable bonds is 2. The van der Waals surface area contributed by atoms with Crippen LogP contribution in [0.15, 0.2) is 54.6 Å². The first-order chi connectivity index (χ1) is 8.83. The average molecular weight is 238 g/mol. The van der Waals surface area contributed by atoms with E-state index in [0.717, 1.165) is 11.3 Å². The van der Waals surface area contributed by atoms with Crippen LogP contribution >= 0.6 is 0 Å². The Morgan fingerprint density at radius 3 is 2.33 bits per heavy atom. The van der Waals surface area contributed by atoms with Crippen molar-refractivity contribution in [1.82, 2.24) is 20.2 Å². The van der Waals surface area contributed by atoms with Gasteiger partial charge in [0.25, 0.3) is 0 Å². The Hall–Kier alpha value is -2.69. The summed E-state index contributed by atoms with van der Waals surface area (Å²) in [5.41, 5.74) is 1.67. The summed E-state index contributed by atoms with van der Waals surface area (Å²) in [6.07, 6.45) is 0. The minimum Gasteiger partial charge on any atom is -0.508 e. The molecule has 5 nitrogen and oxygen atoms in total. The van der Waals surface area contributed by atoms with Crippen molar-refractivity contribution in [3.8, 4) is 22.8 Å². The Bertz CT molecular complexity index is 646. The standard InChI is InChI=1S/C13H10N4O/c18-12-8-6-10(7-9-12)13-14-16-17(15-13)11-4-2-1-3-5-11/h1-9,18H. The fraction of sp³-hybridized carbons (Fsp3) is 0. The van der Waals surface area contributed by atoms with E-state index in [-0.39, 0.29) is 5.75 Å². The van der Waals surface area contributed by atoms with Gasteiger partial charge in [0, 0.05) is 5.56 Å². The molecule has 0 aliphatic carbocycles. The predicted molar refractivity (Wildman–Crippen MR) is 66.3 cm³/mol. The Kier molecular flexibility index (Phi) is 2.49. The van der Waals surface area contributed by atoms with Gasteiger partial charge in [-0.05, 0) is 41.6 Å². The van der Waals surface area contributed by atoms with E-state index in [2.05, 4.69) is 15.4 Å². The maximum absolute atomic E-state index is 9.23. The van der Waals surface area contributed by atoms with Crippen LogP contribution in [0.5, 0.6) is 5.75 Å². The predicted octanol–water partition coefficient (Wildman–Crippen LogP) is 2.03. The summed E-state index contributed by atoms with van der Waals surface area (Å²) in [5.74, 6) is 0.744. The van der Waals surface area contributed by atoms with Gasteiger partial charge in [0.1, 0.15) is 5.75 Å². The van der Waals surface area contributed by atoms with Gasteiger partial charge in [-0.2, -0.15) is 0 Å². The third kappa shape index (κ3) is 1.93. The van der Waals surface area contributed by atoms with E-state index < -0.39 is 0 Å². The minimum atomic E-state index is 0.217. The lowest BCUT2D eigenvalue weighted by molar-refractivity contribution is 0.475. The van der Waals surface area contributed by atoms with Crippen LogP contribution in [-0.4, -0.2) is 25.3 Å². The Morgan fingerprint density at radius 2 is 1.61 bits per heavy atom. The summed E-state index contributed by atoms with van der Waals surface area (Å²) < 4.78 is 0. The van der Waals surface area contributed by atoms with Gasteiger partial charge in [-0.15, -0.1) is 15.0 Å². The van der Waals surface area contributed by atoms with E-state index in [0.29, 0.717) is 5.82 Å². The Morgan fingerprint density at radius 1 is 0.889 bits per heavy atom. The zero-order valence-electron chi connectivity index (χ0n) is 9.43. The summed E-state index contributed by atoms with van der Waals surface area (Å²) >= 11 is 0. The summed E-state index contributed by atoms with van der Waals surface area (Å²) in [6.45, 7) is 0. The average Bonchev–Trinajstić information content (AvgIpc) is 2.90. The number of phenols is 1. The lowest BCUT2D eigenvalue weighted by Gasteiger charge is -1.96. The maximum atomic E-state index is 9.23. The van der Waals surface area contributed by atoms with Crippen LogP contribution in [0.25, 0.3) is 17.1 Å². The van der Waals surface area contributed by atoms with Crippen molar-refractivity contribution in [1.29, 1.82) is 0 Å². The van der Waals surface area contributed by atoms with Gasteiger partial charge in [0.2, 0.25) is 5.82 Å². The molecule has 0 saturated heterocycles. The first-order valence-electron chi connectivity index (χ1n) is 5.48. The van der Waals surface area contributed by atoms with E-state index in [4.69, 9.17) is 0 Å². The lowest BCUT2D eigenvalue weighted by Crippen LogP contribution is -1.98. The molecule has 0 atom stereocenters. The van der Waals surface area contributed by atoms with Gasteiger partial charge in [0.15, 0.2) is 0 Å².